The van der Waals surface area contributed by atoms with E-state index < -0.39 is 35.6 Å². The number of esters is 1. The lowest BCUT2D eigenvalue weighted by Crippen LogP contribution is -2.44. The van der Waals surface area contributed by atoms with Crippen molar-refractivity contribution in [2.75, 3.05) is 6.54 Å². The fourth-order valence-corrected chi connectivity index (χ4v) is 3.54. The molecule has 2 aromatic rings. The molecule has 3 amide bonds. The van der Waals surface area contributed by atoms with Gasteiger partial charge in [-0.2, -0.15) is 0 Å². The van der Waals surface area contributed by atoms with Gasteiger partial charge in [0, 0.05) is 17.0 Å². The van der Waals surface area contributed by atoms with Crippen LogP contribution in [0.2, 0.25) is 0 Å². The molecule has 30 heavy (non-hydrogen) atoms. The molecule has 0 radical (unpaired) electrons. The number of carbonyl (C=O) groups is 3. The summed E-state index contributed by atoms with van der Waals surface area (Å²) in [5.74, 6) is -1.17. The van der Waals surface area contributed by atoms with Crippen LogP contribution in [0.3, 0.4) is 0 Å². The Hall–Kier alpha value is -3.16. The number of aryl methyl sites for hydroxylation is 1. The summed E-state index contributed by atoms with van der Waals surface area (Å²) in [6.45, 7) is 5.01. The van der Waals surface area contributed by atoms with Crippen molar-refractivity contribution in [3.8, 4) is 0 Å². The van der Waals surface area contributed by atoms with E-state index in [0.717, 1.165) is 29.7 Å². The van der Waals surface area contributed by atoms with E-state index in [1.54, 1.807) is 13.0 Å². The number of benzene rings is 1. The molecule has 1 aliphatic rings. The molecule has 1 aromatic carbocycles. The predicted molar refractivity (Wildman–Crippen MR) is 110 cm³/mol. The third-order valence-corrected chi connectivity index (χ3v) is 5.35. The Labute approximate surface area is 174 Å². The fraction of sp³-hybridized carbons (Fsp3) is 0.455. The van der Waals surface area contributed by atoms with Gasteiger partial charge in [0.2, 0.25) is 0 Å². The molecule has 1 aromatic heterocycles. The zero-order chi connectivity index (χ0) is 21.9. The molecule has 160 valence electrons. The second-order valence-electron chi connectivity index (χ2n) is 7.69. The van der Waals surface area contributed by atoms with E-state index in [4.69, 9.17) is 9.15 Å². The molecule has 8 heteroatoms. The lowest BCUT2D eigenvalue weighted by atomic mass is 9.95. The number of fused-ring (bicyclic) bond motifs is 1. The highest BCUT2D eigenvalue weighted by Gasteiger charge is 2.47. The van der Waals surface area contributed by atoms with Gasteiger partial charge in [0.05, 0.1) is 0 Å². The number of rotatable bonds is 8. The molecule has 0 saturated carbocycles. The summed E-state index contributed by atoms with van der Waals surface area (Å²) in [6.07, 6.45) is 2.97. The summed E-state index contributed by atoms with van der Waals surface area (Å²) in [4.78, 5) is 49.8. The summed E-state index contributed by atoms with van der Waals surface area (Å²) in [5, 5.41) is 3.33. The van der Waals surface area contributed by atoms with E-state index in [9.17, 15) is 19.2 Å². The van der Waals surface area contributed by atoms with Crippen LogP contribution >= 0.6 is 0 Å². The van der Waals surface area contributed by atoms with E-state index in [-0.39, 0.29) is 6.61 Å². The fourth-order valence-electron chi connectivity index (χ4n) is 3.54. The summed E-state index contributed by atoms with van der Waals surface area (Å²) < 4.78 is 10.5. The first-order valence-electron chi connectivity index (χ1n) is 10.1. The first-order chi connectivity index (χ1) is 14.3. The molecule has 0 aliphatic carbocycles. The standard InChI is InChI=1S/C22H26N2O6/c1-4-6-9-22(3)20(27)24(21(28)23-22)12-19(26)29-13-15-11-18(25)30-17-10-14(5-2)7-8-16(15)17/h7-8,10-11H,4-6,9,12-13H2,1-3H3,(H,23,28)/t22-/m0/s1. The number of unbranched alkanes of at least 4 members (excludes halogenated alkanes) is 1. The number of urea groups is 1. The number of hydrogen-bond acceptors (Lipinski definition) is 6. The van der Waals surface area contributed by atoms with Gasteiger partial charge >= 0.3 is 17.6 Å². The third-order valence-electron chi connectivity index (χ3n) is 5.35. The van der Waals surface area contributed by atoms with Gasteiger partial charge < -0.3 is 14.5 Å². The first-order valence-corrected chi connectivity index (χ1v) is 10.1. The molecule has 2 heterocycles. The third kappa shape index (κ3) is 4.37. The Morgan fingerprint density at radius 1 is 1.20 bits per heavy atom. The van der Waals surface area contributed by atoms with Crippen molar-refractivity contribution < 1.29 is 23.5 Å². The number of ether oxygens (including phenoxy) is 1. The van der Waals surface area contributed by atoms with Crippen LogP contribution in [0.5, 0.6) is 0 Å². The predicted octanol–water partition coefficient (Wildman–Crippen LogP) is 2.90. The molecule has 0 bridgehead atoms. The highest BCUT2D eigenvalue weighted by molar-refractivity contribution is 6.08. The molecule has 0 spiro atoms. The summed E-state index contributed by atoms with van der Waals surface area (Å²) in [5.41, 5.74) is 0.405. The maximum Gasteiger partial charge on any atom is 0.336 e. The van der Waals surface area contributed by atoms with Crippen LogP contribution in [0.1, 0.15) is 51.2 Å². The van der Waals surface area contributed by atoms with Gasteiger partial charge in [0.1, 0.15) is 24.3 Å². The van der Waals surface area contributed by atoms with Crippen LogP contribution in [0.15, 0.2) is 33.5 Å². The quantitative estimate of drug-likeness (QED) is 0.404. The number of amides is 3. The molecular weight excluding hydrogens is 388 g/mol. The zero-order valence-corrected chi connectivity index (χ0v) is 17.4. The summed E-state index contributed by atoms with van der Waals surface area (Å²) in [7, 11) is 0. The minimum Gasteiger partial charge on any atom is -0.459 e. The first kappa shape index (κ1) is 21.5. The molecule has 1 fully saturated rings. The van der Waals surface area contributed by atoms with Crippen LogP contribution < -0.4 is 10.9 Å². The van der Waals surface area contributed by atoms with Gasteiger partial charge in [0.15, 0.2) is 0 Å². The molecule has 1 N–H and O–H groups in total. The lowest BCUT2D eigenvalue weighted by molar-refractivity contribution is -0.148. The molecular formula is C22H26N2O6. The second-order valence-corrected chi connectivity index (χ2v) is 7.69. The molecule has 1 saturated heterocycles. The van der Waals surface area contributed by atoms with Crippen LogP contribution in [-0.4, -0.2) is 34.9 Å². The van der Waals surface area contributed by atoms with Gasteiger partial charge in [-0.1, -0.05) is 38.8 Å². The van der Waals surface area contributed by atoms with Crippen LogP contribution in [-0.2, 0) is 27.4 Å². The molecule has 1 aliphatic heterocycles. The molecule has 1 atom stereocenters. The van der Waals surface area contributed by atoms with Crippen molar-refractivity contribution >= 4 is 28.9 Å². The smallest absolute Gasteiger partial charge is 0.336 e. The maximum atomic E-state index is 12.6. The Balaban J connectivity index is 1.69. The van der Waals surface area contributed by atoms with E-state index in [2.05, 4.69) is 5.32 Å². The number of imide groups is 1. The molecule has 3 rings (SSSR count). The number of hydrogen-bond donors (Lipinski definition) is 1. The Morgan fingerprint density at radius 2 is 1.97 bits per heavy atom. The second kappa shape index (κ2) is 8.69. The highest BCUT2D eigenvalue weighted by Crippen LogP contribution is 2.24. The van der Waals surface area contributed by atoms with Crippen molar-refractivity contribution in [3.63, 3.8) is 0 Å². The van der Waals surface area contributed by atoms with E-state index in [1.807, 2.05) is 26.0 Å². The van der Waals surface area contributed by atoms with E-state index >= 15 is 0 Å². The number of nitrogens with one attached hydrogen (secondary N) is 1. The van der Waals surface area contributed by atoms with E-state index in [1.165, 1.54) is 6.07 Å². The van der Waals surface area contributed by atoms with Crippen molar-refractivity contribution in [1.82, 2.24) is 10.2 Å². The monoisotopic (exact) mass is 414 g/mol. The van der Waals surface area contributed by atoms with Crippen LogP contribution in [0.4, 0.5) is 4.79 Å². The maximum absolute atomic E-state index is 12.6. The minimum atomic E-state index is -1.00. The van der Waals surface area contributed by atoms with Crippen LogP contribution in [0, 0.1) is 0 Å². The van der Waals surface area contributed by atoms with Gasteiger partial charge in [-0.25, -0.2) is 9.59 Å². The van der Waals surface area contributed by atoms with Crippen molar-refractivity contribution in [3.05, 3.63) is 45.8 Å². The number of carbonyl (C=O) groups excluding carboxylic acids is 3. The highest BCUT2D eigenvalue weighted by atomic mass is 16.5. The Bertz CT molecular complexity index is 1040. The van der Waals surface area contributed by atoms with Gasteiger partial charge in [-0.05, 0) is 31.4 Å². The Morgan fingerprint density at radius 3 is 2.67 bits per heavy atom. The zero-order valence-electron chi connectivity index (χ0n) is 17.4. The normalized spacial score (nSPS) is 18.7. The average Bonchev–Trinajstić information content (AvgIpc) is 2.93. The molecule has 0 unspecified atom stereocenters. The SMILES string of the molecule is CCCC[C@]1(C)NC(=O)N(CC(=O)OCc2cc(=O)oc3cc(CC)ccc23)C1=O. The summed E-state index contributed by atoms with van der Waals surface area (Å²) in [6, 6.07) is 6.19. The van der Waals surface area contributed by atoms with Crippen molar-refractivity contribution in [2.45, 2.75) is 58.6 Å². The number of nitrogens with zero attached hydrogens (tertiary/aromatic N) is 1. The lowest BCUT2D eigenvalue weighted by Gasteiger charge is -2.21. The largest absolute Gasteiger partial charge is 0.459 e. The molecule has 8 nitrogen and oxygen atoms in total. The van der Waals surface area contributed by atoms with Gasteiger partial charge in [-0.3, -0.25) is 14.5 Å². The van der Waals surface area contributed by atoms with E-state index in [0.29, 0.717) is 23.0 Å². The van der Waals surface area contributed by atoms with Gasteiger partial charge in [0.25, 0.3) is 5.91 Å². The Kier molecular flexibility index (Phi) is 6.24. The summed E-state index contributed by atoms with van der Waals surface area (Å²) >= 11 is 0. The van der Waals surface area contributed by atoms with Crippen molar-refractivity contribution in [1.29, 1.82) is 0 Å². The van der Waals surface area contributed by atoms with Crippen molar-refractivity contribution in [2.24, 2.45) is 0 Å². The minimum absolute atomic E-state index is 0.164. The van der Waals surface area contributed by atoms with Gasteiger partial charge in [-0.15, -0.1) is 0 Å². The topological polar surface area (TPSA) is 106 Å². The van der Waals surface area contributed by atoms with Crippen LogP contribution in [0.25, 0.3) is 11.0 Å². The average molecular weight is 414 g/mol.